The molecule has 2 rings (SSSR count). The summed E-state index contributed by atoms with van der Waals surface area (Å²) in [5, 5.41) is 18.6. The Balaban J connectivity index is 1.91. The molecule has 7 heteroatoms. The minimum Gasteiger partial charge on any atom is -0.481 e. The van der Waals surface area contributed by atoms with Gasteiger partial charge in [0, 0.05) is 30.9 Å². The average molecular weight is 280 g/mol. The maximum absolute atomic E-state index is 12.1. The Hall–Kier alpha value is -2.05. The van der Waals surface area contributed by atoms with E-state index in [1.807, 2.05) is 13.8 Å². The third-order valence-electron chi connectivity index (χ3n) is 3.66. The van der Waals surface area contributed by atoms with Crippen LogP contribution in [0.4, 0.5) is 4.79 Å². The molecule has 0 aliphatic carbocycles. The number of carbonyl (C=O) groups excluding carboxylic acids is 1. The number of aromatic nitrogens is 2. The second-order valence-corrected chi connectivity index (χ2v) is 5.46. The van der Waals surface area contributed by atoms with Crippen LogP contribution in [0.25, 0.3) is 0 Å². The number of amides is 2. The first-order valence-electron chi connectivity index (χ1n) is 6.71. The van der Waals surface area contributed by atoms with Crippen molar-refractivity contribution >= 4 is 12.0 Å². The molecule has 1 aromatic heterocycles. The van der Waals surface area contributed by atoms with Gasteiger partial charge in [0.1, 0.15) is 0 Å². The second kappa shape index (κ2) is 5.94. The Kier molecular flexibility index (Phi) is 4.26. The first kappa shape index (κ1) is 14.4. The number of hydrogen-bond acceptors (Lipinski definition) is 3. The summed E-state index contributed by atoms with van der Waals surface area (Å²) in [4.78, 5) is 24.8. The standard InChI is InChI=1S/C13H20N4O3/c1-8-3-10(12(18)19)7-17(6-8)13(20)14-4-11-5-15-16-9(11)2/h5,8,10H,3-4,6-7H2,1-2H3,(H,14,20)(H,15,16)(H,18,19). The van der Waals surface area contributed by atoms with Gasteiger partial charge in [-0.1, -0.05) is 6.92 Å². The van der Waals surface area contributed by atoms with Crippen LogP contribution < -0.4 is 5.32 Å². The van der Waals surface area contributed by atoms with E-state index in [0.717, 1.165) is 11.3 Å². The number of likely N-dealkylation sites (tertiary alicyclic amines) is 1. The van der Waals surface area contributed by atoms with Crippen molar-refractivity contribution in [3.05, 3.63) is 17.5 Å². The third-order valence-corrected chi connectivity index (χ3v) is 3.66. The lowest BCUT2D eigenvalue weighted by atomic mass is 9.91. The molecule has 2 unspecified atom stereocenters. The van der Waals surface area contributed by atoms with Crippen molar-refractivity contribution in [3.8, 4) is 0 Å². The molecule has 3 N–H and O–H groups in total. The largest absolute Gasteiger partial charge is 0.481 e. The molecule has 1 aliphatic rings. The van der Waals surface area contributed by atoms with E-state index in [1.54, 1.807) is 11.1 Å². The monoisotopic (exact) mass is 280 g/mol. The SMILES string of the molecule is Cc1[nH]ncc1CNC(=O)N1CC(C)CC(C(=O)O)C1. The highest BCUT2D eigenvalue weighted by Gasteiger charge is 2.31. The summed E-state index contributed by atoms with van der Waals surface area (Å²) in [6, 6.07) is -0.219. The van der Waals surface area contributed by atoms with E-state index in [0.29, 0.717) is 19.5 Å². The molecule has 2 amide bonds. The van der Waals surface area contributed by atoms with E-state index >= 15 is 0 Å². The van der Waals surface area contributed by atoms with Gasteiger partial charge in [0.25, 0.3) is 0 Å². The molecule has 2 atom stereocenters. The van der Waals surface area contributed by atoms with Crippen LogP contribution in [0.2, 0.25) is 0 Å². The van der Waals surface area contributed by atoms with Crippen LogP contribution >= 0.6 is 0 Å². The molecule has 1 saturated heterocycles. The van der Waals surface area contributed by atoms with E-state index < -0.39 is 11.9 Å². The smallest absolute Gasteiger partial charge is 0.317 e. The first-order valence-corrected chi connectivity index (χ1v) is 6.71. The summed E-state index contributed by atoms with van der Waals surface area (Å²) in [5.41, 5.74) is 1.85. The van der Waals surface area contributed by atoms with Crippen LogP contribution in [0, 0.1) is 18.8 Å². The van der Waals surface area contributed by atoms with Crippen molar-refractivity contribution in [2.24, 2.45) is 11.8 Å². The number of hydrogen-bond donors (Lipinski definition) is 3. The lowest BCUT2D eigenvalue weighted by molar-refractivity contribution is -0.143. The summed E-state index contributed by atoms with van der Waals surface area (Å²) >= 11 is 0. The summed E-state index contributed by atoms with van der Waals surface area (Å²) in [7, 11) is 0. The Bertz CT molecular complexity index is 500. The summed E-state index contributed by atoms with van der Waals surface area (Å²) in [5.74, 6) is -1.11. The molecule has 110 valence electrons. The normalized spacial score (nSPS) is 22.6. The summed E-state index contributed by atoms with van der Waals surface area (Å²) in [6.07, 6.45) is 2.30. The molecular weight excluding hydrogens is 260 g/mol. The van der Waals surface area contributed by atoms with Crippen LogP contribution in [0.1, 0.15) is 24.6 Å². The van der Waals surface area contributed by atoms with Gasteiger partial charge in [0.2, 0.25) is 0 Å². The molecule has 0 bridgehead atoms. The van der Waals surface area contributed by atoms with Crippen LogP contribution in [0.3, 0.4) is 0 Å². The molecule has 0 spiro atoms. The topological polar surface area (TPSA) is 98.3 Å². The number of nitrogens with one attached hydrogen (secondary N) is 2. The molecule has 1 aromatic rings. The number of aromatic amines is 1. The number of rotatable bonds is 3. The predicted octanol–water partition coefficient (Wildman–Crippen LogP) is 0.970. The van der Waals surface area contributed by atoms with Crippen LogP contribution in [0.5, 0.6) is 0 Å². The zero-order chi connectivity index (χ0) is 14.7. The third kappa shape index (κ3) is 3.28. The van der Waals surface area contributed by atoms with Gasteiger partial charge in [-0.2, -0.15) is 5.10 Å². The Morgan fingerprint density at radius 2 is 2.30 bits per heavy atom. The fourth-order valence-electron chi connectivity index (χ4n) is 2.53. The number of aryl methyl sites for hydroxylation is 1. The number of nitrogens with zero attached hydrogens (tertiary/aromatic N) is 2. The molecule has 0 aromatic carbocycles. The van der Waals surface area contributed by atoms with Gasteiger partial charge in [0.05, 0.1) is 12.1 Å². The van der Waals surface area contributed by atoms with Gasteiger partial charge in [-0.25, -0.2) is 4.79 Å². The molecule has 0 radical (unpaired) electrons. The zero-order valence-corrected chi connectivity index (χ0v) is 11.7. The Labute approximate surface area is 117 Å². The molecule has 1 fully saturated rings. The Morgan fingerprint density at radius 1 is 1.55 bits per heavy atom. The van der Waals surface area contributed by atoms with Gasteiger partial charge < -0.3 is 15.3 Å². The molecule has 2 heterocycles. The van der Waals surface area contributed by atoms with Crippen LogP contribution in [0.15, 0.2) is 6.20 Å². The minimum absolute atomic E-state index is 0.200. The van der Waals surface area contributed by atoms with Gasteiger partial charge in [0.15, 0.2) is 0 Å². The van der Waals surface area contributed by atoms with E-state index in [-0.39, 0.29) is 18.5 Å². The molecule has 0 saturated carbocycles. The quantitative estimate of drug-likeness (QED) is 0.768. The number of carboxylic acids is 1. The maximum Gasteiger partial charge on any atom is 0.317 e. The predicted molar refractivity (Wildman–Crippen MR) is 72.0 cm³/mol. The highest BCUT2D eigenvalue weighted by atomic mass is 16.4. The van der Waals surface area contributed by atoms with Crippen molar-refractivity contribution in [3.63, 3.8) is 0 Å². The fourth-order valence-corrected chi connectivity index (χ4v) is 2.53. The van der Waals surface area contributed by atoms with E-state index in [4.69, 9.17) is 5.11 Å². The van der Waals surface area contributed by atoms with Crippen LogP contribution in [-0.2, 0) is 11.3 Å². The van der Waals surface area contributed by atoms with Crippen molar-refractivity contribution in [1.82, 2.24) is 20.4 Å². The maximum atomic E-state index is 12.1. The Morgan fingerprint density at radius 3 is 2.90 bits per heavy atom. The lowest BCUT2D eigenvalue weighted by Gasteiger charge is -2.34. The number of urea groups is 1. The lowest BCUT2D eigenvalue weighted by Crippen LogP contribution is -2.49. The van der Waals surface area contributed by atoms with E-state index in [2.05, 4.69) is 15.5 Å². The van der Waals surface area contributed by atoms with Gasteiger partial charge in [-0.3, -0.25) is 9.89 Å². The van der Waals surface area contributed by atoms with Gasteiger partial charge in [-0.15, -0.1) is 0 Å². The molecular formula is C13H20N4O3. The summed E-state index contributed by atoms with van der Waals surface area (Å²) in [6.45, 7) is 5.12. The number of H-pyrrole nitrogens is 1. The number of aliphatic carboxylic acids is 1. The van der Waals surface area contributed by atoms with Crippen molar-refractivity contribution < 1.29 is 14.7 Å². The van der Waals surface area contributed by atoms with Crippen molar-refractivity contribution in [2.75, 3.05) is 13.1 Å². The number of piperidine rings is 1. The highest BCUT2D eigenvalue weighted by molar-refractivity contribution is 5.76. The van der Waals surface area contributed by atoms with Crippen molar-refractivity contribution in [2.45, 2.75) is 26.8 Å². The molecule has 1 aliphatic heterocycles. The van der Waals surface area contributed by atoms with E-state index in [9.17, 15) is 9.59 Å². The second-order valence-electron chi connectivity index (χ2n) is 5.46. The summed E-state index contributed by atoms with van der Waals surface area (Å²) < 4.78 is 0. The van der Waals surface area contributed by atoms with Gasteiger partial charge in [-0.05, 0) is 19.3 Å². The zero-order valence-electron chi connectivity index (χ0n) is 11.7. The molecule has 20 heavy (non-hydrogen) atoms. The van der Waals surface area contributed by atoms with Gasteiger partial charge >= 0.3 is 12.0 Å². The van der Waals surface area contributed by atoms with Crippen molar-refractivity contribution in [1.29, 1.82) is 0 Å². The number of carboxylic acid groups (broad SMARTS) is 1. The minimum atomic E-state index is -0.833. The molecule has 7 nitrogen and oxygen atoms in total. The first-order chi connectivity index (χ1) is 9.47. The van der Waals surface area contributed by atoms with Crippen LogP contribution in [-0.4, -0.2) is 45.3 Å². The number of carbonyl (C=O) groups is 2. The van der Waals surface area contributed by atoms with E-state index in [1.165, 1.54) is 0 Å². The average Bonchev–Trinajstić information content (AvgIpc) is 2.80. The fraction of sp³-hybridized carbons (Fsp3) is 0.615. The highest BCUT2D eigenvalue weighted by Crippen LogP contribution is 2.21.